The van der Waals surface area contributed by atoms with Crippen molar-refractivity contribution in [2.45, 2.75) is 40.1 Å². The maximum Gasteiger partial charge on any atom is 0.573 e. The summed E-state index contributed by atoms with van der Waals surface area (Å²) in [5, 5.41) is 0. The monoisotopic (exact) mass is 291 g/mol. The molecule has 0 N–H and O–H groups in total. The molecular weight excluding hydrogens is 271 g/mol. The number of carbonyl (C=O) groups excluding carboxylic acids is 1. The van der Waals surface area contributed by atoms with E-state index in [0.717, 1.165) is 18.5 Å². The van der Waals surface area contributed by atoms with Crippen LogP contribution in [0.15, 0.2) is 24.3 Å². The third-order valence-corrected chi connectivity index (χ3v) is 2.42. The van der Waals surface area contributed by atoms with Gasteiger partial charge in [0, 0.05) is 12.6 Å². The summed E-state index contributed by atoms with van der Waals surface area (Å²) in [7, 11) is 0. The summed E-state index contributed by atoms with van der Waals surface area (Å²) >= 11 is 0. The maximum absolute atomic E-state index is 11.6. The van der Waals surface area contributed by atoms with Crippen LogP contribution in [0.5, 0.6) is 5.75 Å². The second-order valence-electron chi connectivity index (χ2n) is 4.39. The summed E-state index contributed by atoms with van der Waals surface area (Å²) in [5.41, 5.74) is 0.893. The molecule has 114 valence electrons. The fourth-order valence-electron chi connectivity index (χ4n) is 1.30. The smallest absolute Gasteiger partial charge is 0.406 e. The van der Waals surface area contributed by atoms with Crippen LogP contribution >= 0.6 is 0 Å². The van der Waals surface area contributed by atoms with Crippen LogP contribution in [0.2, 0.25) is 0 Å². The zero-order valence-electron chi connectivity index (χ0n) is 12.1. The zero-order chi connectivity index (χ0) is 15.8. The predicted molar refractivity (Wildman–Crippen MR) is 71.4 cm³/mol. The predicted octanol–water partition coefficient (Wildman–Crippen LogP) is 3.77. The first kappa shape index (κ1) is 18.3. The van der Waals surface area contributed by atoms with Crippen LogP contribution in [-0.4, -0.2) is 30.3 Å². The van der Waals surface area contributed by atoms with Gasteiger partial charge in [-0.3, -0.25) is 4.79 Å². The summed E-state index contributed by atoms with van der Waals surface area (Å²) in [6, 6.07) is 6.02. The van der Waals surface area contributed by atoms with Gasteiger partial charge in [0.25, 0.3) is 0 Å². The van der Waals surface area contributed by atoms with E-state index < -0.39 is 6.36 Å². The number of hydrogen-bond acceptors (Lipinski definition) is 2. The fraction of sp³-hybridized carbons (Fsp3) is 0.500. The Hall–Kier alpha value is -1.72. The van der Waals surface area contributed by atoms with Gasteiger partial charge >= 0.3 is 6.36 Å². The standard InChI is InChI=1S/C8H7F3O.C6H13NO/c1-6-2-4-7(5-3-6)12-8(9,10)11;1-4-7(5-8)6(2)3/h2-5H,1H3;5-6H,4H2,1-3H3. The topological polar surface area (TPSA) is 29.5 Å². The molecule has 6 heteroatoms. The molecule has 0 aliphatic carbocycles. The number of halogens is 3. The Kier molecular flexibility index (Phi) is 7.72. The summed E-state index contributed by atoms with van der Waals surface area (Å²) in [5.74, 6) is -0.187. The van der Waals surface area contributed by atoms with Crippen molar-refractivity contribution < 1.29 is 22.7 Å². The number of carbonyl (C=O) groups is 1. The minimum absolute atomic E-state index is 0.187. The van der Waals surface area contributed by atoms with Gasteiger partial charge in [-0.1, -0.05) is 17.7 Å². The zero-order valence-corrected chi connectivity index (χ0v) is 12.1. The lowest BCUT2D eigenvalue weighted by atomic mass is 10.2. The van der Waals surface area contributed by atoms with Gasteiger partial charge in [0.05, 0.1) is 0 Å². The van der Waals surface area contributed by atoms with Crippen LogP contribution in [0.1, 0.15) is 26.3 Å². The van der Waals surface area contributed by atoms with Crippen molar-refractivity contribution in [2.75, 3.05) is 6.54 Å². The van der Waals surface area contributed by atoms with Crippen LogP contribution < -0.4 is 4.74 Å². The molecule has 1 rings (SSSR count). The fourth-order valence-corrected chi connectivity index (χ4v) is 1.30. The quantitative estimate of drug-likeness (QED) is 0.790. The van der Waals surface area contributed by atoms with Crippen molar-refractivity contribution in [3.8, 4) is 5.75 Å². The Morgan fingerprint density at radius 3 is 2.00 bits per heavy atom. The molecule has 20 heavy (non-hydrogen) atoms. The molecule has 0 heterocycles. The highest BCUT2D eigenvalue weighted by Gasteiger charge is 2.30. The van der Waals surface area contributed by atoms with Gasteiger partial charge in [-0.25, -0.2) is 0 Å². The average Bonchev–Trinajstić information content (AvgIpc) is 2.32. The molecule has 0 radical (unpaired) electrons. The van der Waals surface area contributed by atoms with Crippen molar-refractivity contribution in [2.24, 2.45) is 0 Å². The lowest BCUT2D eigenvalue weighted by molar-refractivity contribution is -0.274. The number of benzene rings is 1. The molecule has 0 saturated heterocycles. The molecule has 1 aromatic carbocycles. The van der Waals surface area contributed by atoms with Crippen molar-refractivity contribution in [1.29, 1.82) is 0 Å². The lowest BCUT2D eigenvalue weighted by Crippen LogP contribution is -2.28. The molecule has 0 aromatic heterocycles. The summed E-state index contributed by atoms with van der Waals surface area (Å²) in [6.45, 7) is 8.56. The number of alkyl halides is 3. The summed E-state index contributed by atoms with van der Waals surface area (Å²) in [4.78, 5) is 11.8. The van der Waals surface area contributed by atoms with E-state index in [9.17, 15) is 18.0 Å². The number of aryl methyl sites for hydroxylation is 1. The molecular formula is C14H20F3NO2. The van der Waals surface area contributed by atoms with E-state index in [1.165, 1.54) is 12.1 Å². The Balaban J connectivity index is 0.000000396. The summed E-state index contributed by atoms with van der Waals surface area (Å²) < 4.78 is 38.5. The van der Waals surface area contributed by atoms with E-state index in [4.69, 9.17) is 0 Å². The van der Waals surface area contributed by atoms with E-state index in [-0.39, 0.29) is 5.75 Å². The van der Waals surface area contributed by atoms with Crippen molar-refractivity contribution in [3.63, 3.8) is 0 Å². The first-order valence-corrected chi connectivity index (χ1v) is 6.23. The second-order valence-corrected chi connectivity index (χ2v) is 4.39. The van der Waals surface area contributed by atoms with Crippen LogP contribution in [0.3, 0.4) is 0 Å². The van der Waals surface area contributed by atoms with E-state index in [0.29, 0.717) is 6.04 Å². The van der Waals surface area contributed by atoms with E-state index in [2.05, 4.69) is 4.74 Å². The van der Waals surface area contributed by atoms with Crippen LogP contribution in [0.25, 0.3) is 0 Å². The van der Waals surface area contributed by atoms with E-state index in [1.807, 2.05) is 20.8 Å². The van der Waals surface area contributed by atoms with Gasteiger partial charge < -0.3 is 9.64 Å². The number of ether oxygens (including phenoxy) is 1. The minimum atomic E-state index is -4.60. The van der Waals surface area contributed by atoms with Crippen LogP contribution in [0.4, 0.5) is 13.2 Å². The van der Waals surface area contributed by atoms with Crippen molar-refractivity contribution in [1.82, 2.24) is 4.90 Å². The van der Waals surface area contributed by atoms with Gasteiger partial charge in [0.15, 0.2) is 0 Å². The maximum atomic E-state index is 11.6. The first-order valence-electron chi connectivity index (χ1n) is 6.23. The molecule has 0 spiro atoms. The number of hydrogen-bond donors (Lipinski definition) is 0. The lowest BCUT2D eigenvalue weighted by Gasteiger charge is -2.18. The molecule has 0 unspecified atom stereocenters. The Bertz CT molecular complexity index is 388. The summed E-state index contributed by atoms with van der Waals surface area (Å²) in [6.07, 6.45) is -3.72. The molecule has 3 nitrogen and oxygen atoms in total. The van der Waals surface area contributed by atoms with Gasteiger partial charge in [0.2, 0.25) is 6.41 Å². The Morgan fingerprint density at radius 1 is 1.25 bits per heavy atom. The average molecular weight is 291 g/mol. The highest BCUT2D eigenvalue weighted by Crippen LogP contribution is 2.22. The third kappa shape index (κ3) is 8.39. The molecule has 0 saturated carbocycles. The van der Waals surface area contributed by atoms with Gasteiger partial charge in [0.1, 0.15) is 5.75 Å². The normalized spacial score (nSPS) is 10.6. The molecule has 1 amide bonds. The largest absolute Gasteiger partial charge is 0.573 e. The van der Waals surface area contributed by atoms with Gasteiger partial charge in [-0.05, 0) is 39.8 Å². The highest BCUT2D eigenvalue weighted by atomic mass is 19.4. The van der Waals surface area contributed by atoms with Crippen molar-refractivity contribution in [3.05, 3.63) is 29.8 Å². The van der Waals surface area contributed by atoms with Gasteiger partial charge in [-0.2, -0.15) is 0 Å². The third-order valence-electron chi connectivity index (χ3n) is 2.42. The first-order chi connectivity index (χ1) is 9.19. The molecule has 0 atom stereocenters. The molecule has 1 aromatic rings. The van der Waals surface area contributed by atoms with E-state index >= 15 is 0 Å². The second kappa shape index (κ2) is 8.45. The van der Waals surface area contributed by atoms with E-state index in [1.54, 1.807) is 24.0 Å². The molecule has 0 aliphatic rings. The minimum Gasteiger partial charge on any atom is -0.406 e. The highest BCUT2D eigenvalue weighted by molar-refractivity contribution is 5.47. The molecule has 0 bridgehead atoms. The Labute approximate surface area is 117 Å². The molecule has 0 aliphatic heterocycles. The number of rotatable bonds is 4. The van der Waals surface area contributed by atoms with Crippen LogP contribution in [0, 0.1) is 6.92 Å². The van der Waals surface area contributed by atoms with Crippen LogP contribution in [-0.2, 0) is 4.79 Å². The van der Waals surface area contributed by atoms with Crippen molar-refractivity contribution >= 4 is 6.41 Å². The number of amides is 1. The van der Waals surface area contributed by atoms with Gasteiger partial charge in [-0.15, -0.1) is 13.2 Å². The Morgan fingerprint density at radius 2 is 1.75 bits per heavy atom. The number of nitrogens with zero attached hydrogens (tertiary/aromatic N) is 1. The SMILES string of the molecule is CCN(C=O)C(C)C.Cc1ccc(OC(F)(F)F)cc1. The molecule has 0 fully saturated rings.